The summed E-state index contributed by atoms with van der Waals surface area (Å²) in [5.74, 6) is -0.981. The van der Waals surface area contributed by atoms with Gasteiger partial charge in [0.05, 0.1) is 0 Å². The highest BCUT2D eigenvalue weighted by molar-refractivity contribution is 6.30. The molecule has 0 spiro atoms. The first-order chi connectivity index (χ1) is 15.9. The largest absolute Gasteiger partial charge is 0.353 e. The summed E-state index contributed by atoms with van der Waals surface area (Å²) in [6.07, 6.45) is 6.90. The zero-order valence-electron chi connectivity index (χ0n) is 18.4. The molecule has 1 aliphatic heterocycles. The Bertz CT molecular complexity index is 1070. The van der Waals surface area contributed by atoms with Gasteiger partial charge in [-0.05, 0) is 56.0 Å². The molecule has 33 heavy (non-hydrogen) atoms. The maximum Gasteiger partial charge on any atom is 0.253 e. The van der Waals surface area contributed by atoms with Gasteiger partial charge in [-0.2, -0.15) is 0 Å². The number of nitrogens with one attached hydrogen (secondary N) is 1. The predicted octanol–water partition coefficient (Wildman–Crippen LogP) is 3.22. The van der Waals surface area contributed by atoms with Gasteiger partial charge in [0.1, 0.15) is 0 Å². The quantitative estimate of drug-likeness (QED) is 0.519. The number of piperidine rings is 1. The molecule has 1 N–H and O–H groups in total. The first-order valence-corrected chi connectivity index (χ1v) is 11.9. The summed E-state index contributed by atoms with van der Waals surface area (Å²) in [5.41, 5.74) is -0.122. The molecular formula is C25H28ClN3O4. The van der Waals surface area contributed by atoms with Crippen molar-refractivity contribution < 1.29 is 14.4 Å². The van der Waals surface area contributed by atoms with Crippen LogP contribution < -0.4 is 10.9 Å². The molecule has 2 fully saturated rings. The van der Waals surface area contributed by atoms with Gasteiger partial charge in [-0.15, -0.1) is 0 Å². The average Bonchev–Trinajstić information content (AvgIpc) is 3.34. The SMILES string of the molecule is O=C(NC1CCCC1)C1CCN(C(=O)C(C(=O)c2ccc(Cl)cc2)n2ccccc2=O)CC1. The Labute approximate surface area is 197 Å². The van der Waals surface area contributed by atoms with Crippen LogP contribution >= 0.6 is 11.6 Å². The van der Waals surface area contributed by atoms with Crippen molar-refractivity contribution in [3.63, 3.8) is 0 Å². The molecule has 2 heterocycles. The van der Waals surface area contributed by atoms with Crippen LogP contribution in [0.25, 0.3) is 0 Å². The number of hydrogen-bond donors (Lipinski definition) is 1. The van der Waals surface area contributed by atoms with E-state index >= 15 is 0 Å². The minimum absolute atomic E-state index is 0.0575. The van der Waals surface area contributed by atoms with E-state index in [1.54, 1.807) is 41.3 Å². The summed E-state index contributed by atoms with van der Waals surface area (Å²) < 4.78 is 1.18. The fourth-order valence-electron chi connectivity index (χ4n) is 4.71. The Hall–Kier alpha value is -2.93. The van der Waals surface area contributed by atoms with E-state index in [9.17, 15) is 19.2 Å². The highest BCUT2D eigenvalue weighted by Gasteiger charge is 2.36. The number of pyridine rings is 1. The normalized spacial score (nSPS) is 18.2. The van der Waals surface area contributed by atoms with Gasteiger partial charge in [0.25, 0.3) is 11.5 Å². The van der Waals surface area contributed by atoms with Crippen molar-refractivity contribution in [2.24, 2.45) is 5.92 Å². The van der Waals surface area contributed by atoms with Gasteiger partial charge in [-0.3, -0.25) is 23.7 Å². The maximum atomic E-state index is 13.5. The highest BCUT2D eigenvalue weighted by atomic mass is 35.5. The number of hydrogen-bond acceptors (Lipinski definition) is 4. The summed E-state index contributed by atoms with van der Waals surface area (Å²) >= 11 is 5.94. The van der Waals surface area contributed by atoms with Gasteiger partial charge in [0.2, 0.25) is 5.91 Å². The smallest absolute Gasteiger partial charge is 0.253 e. The molecule has 2 amide bonds. The lowest BCUT2D eigenvalue weighted by Crippen LogP contribution is -2.49. The molecule has 4 rings (SSSR count). The number of rotatable bonds is 6. The van der Waals surface area contributed by atoms with Gasteiger partial charge in [-0.25, -0.2) is 0 Å². The van der Waals surface area contributed by atoms with E-state index in [0.29, 0.717) is 36.5 Å². The fraction of sp³-hybridized carbons (Fsp3) is 0.440. The zero-order valence-corrected chi connectivity index (χ0v) is 19.2. The third kappa shape index (κ3) is 5.36. The first-order valence-electron chi connectivity index (χ1n) is 11.5. The molecule has 174 valence electrons. The van der Waals surface area contributed by atoms with Crippen molar-refractivity contribution in [2.45, 2.75) is 50.6 Å². The first kappa shape index (κ1) is 23.2. The number of Topliss-reactive ketones (excluding diaryl/α,β-unsaturated/α-hetero) is 1. The molecule has 7 nitrogen and oxygen atoms in total. The second kappa shape index (κ2) is 10.3. The minimum Gasteiger partial charge on any atom is -0.353 e. The van der Waals surface area contributed by atoms with Crippen LogP contribution in [-0.4, -0.2) is 46.2 Å². The monoisotopic (exact) mass is 469 g/mol. The van der Waals surface area contributed by atoms with Crippen molar-refractivity contribution in [1.82, 2.24) is 14.8 Å². The Morgan fingerprint density at radius 1 is 0.939 bits per heavy atom. The minimum atomic E-state index is -1.30. The number of aromatic nitrogens is 1. The topological polar surface area (TPSA) is 88.5 Å². The molecule has 0 radical (unpaired) electrons. The number of carbonyl (C=O) groups is 3. The molecule has 1 saturated carbocycles. The molecule has 1 saturated heterocycles. The molecule has 1 aliphatic carbocycles. The molecule has 1 atom stereocenters. The number of likely N-dealkylation sites (tertiary alicyclic amines) is 1. The second-order valence-electron chi connectivity index (χ2n) is 8.81. The summed E-state index contributed by atoms with van der Waals surface area (Å²) in [4.78, 5) is 53.6. The lowest BCUT2D eigenvalue weighted by molar-refractivity contribution is -0.137. The number of carbonyl (C=O) groups excluding carboxylic acids is 3. The van der Waals surface area contributed by atoms with Crippen molar-refractivity contribution in [3.8, 4) is 0 Å². The summed E-state index contributed by atoms with van der Waals surface area (Å²) in [7, 11) is 0. The molecule has 1 aromatic heterocycles. The summed E-state index contributed by atoms with van der Waals surface area (Å²) in [6.45, 7) is 0.737. The van der Waals surface area contributed by atoms with Crippen LogP contribution in [0.5, 0.6) is 0 Å². The average molecular weight is 470 g/mol. The second-order valence-corrected chi connectivity index (χ2v) is 9.25. The molecule has 2 aliphatic rings. The maximum absolute atomic E-state index is 13.5. The molecular weight excluding hydrogens is 442 g/mol. The van der Waals surface area contributed by atoms with Gasteiger partial charge >= 0.3 is 0 Å². The highest BCUT2D eigenvalue weighted by Crippen LogP contribution is 2.24. The van der Waals surface area contributed by atoms with E-state index < -0.39 is 23.3 Å². The number of amides is 2. The molecule has 1 unspecified atom stereocenters. The Morgan fingerprint density at radius 3 is 2.24 bits per heavy atom. The van der Waals surface area contributed by atoms with E-state index in [4.69, 9.17) is 11.6 Å². The standard InChI is InChI=1S/C25H28ClN3O4/c26-19-10-8-17(9-11-19)23(31)22(29-14-4-3-7-21(29)30)25(33)28-15-12-18(13-16-28)24(32)27-20-5-1-2-6-20/h3-4,7-11,14,18,20,22H,1-2,5-6,12-13,15-16H2,(H,27,32). The summed E-state index contributed by atoms with van der Waals surface area (Å²) in [6, 6.07) is 9.76. The van der Waals surface area contributed by atoms with Gasteiger partial charge in [0, 0.05) is 47.9 Å². The molecule has 8 heteroatoms. The van der Waals surface area contributed by atoms with Crippen LogP contribution in [0.4, 0.5) is 0 Å². The van der Waals surface area contributed by atoms with Crippen LogP contribution in [0.1, 0.15) is 54.9 Å². The lowest BCUT2D eigenvalue weighted by atomic mass is 9.94. The summed E-state index contributed by atoms with van der Waals surface area (Å²) in [5, 5.41) is 3.62. The van der Waals surface area contributed by atoms with Crippen molar-refractivity contribution >= 4 is 29.2 Å². The van der Waals surface area contributed by atoms with E-state index in [0.717, 1.165) is 25.7 Å². The molecule has 0 bridgehead atoms. The number of ketones is 1. The van der Waals surface area contributed by atoms with Crippen LogP contribution in [0.2, 0.25) is 5.02 Å². The third-order valence-electron chi connectivity index (χ3n) is 6.62. The molecule has 2 aromatic rings. The van der Waals surface area contributed by atoms with Crippen LogP contribution in [0.3, 0.4) is 0 Å². The van der Waals surface area contributed by atoms with Crippen molar-refractivity contribution in [1.29, 1.82) is 0 Å². The lowest BCUT2D eigenvalue weighted by Gasteiger charge is -2.34. The van der Waals surface area contributed by atoms with Gasteiger partial charge in [-0.1, -0.05) is 30.5 Å². The Balaban J connectivity index is 1.49. The van der Waals surface area contributed by atoms with Crippen LogP contribution in [-0.2, 0) is 9.59 Å². The molecule has 1 aromatic carbocycles. The Morgan fingerprint density at radius 2 is 1.61 bits per heavy atom. The van der Waals surface area contributed by atoms with Gasteiger partial charge in [0.15, 0.2) is 11.8 Å². The van der Waals surface area contributed by atoms with Crippen molar-refractivity contribution in [3.05, 3.63) is 69.6 Å². The van der Waals surface area contributed by atoms with E-state index in [-0.39, 0.29) is 17.9 Å². The number of nitrogens with zero attached hydrogens (tertiary/aromatic N) is 2. The number of benzene rings is 1. The van der Waals surface area contributed by atoms with E-state index in [2.05, 4.69) is 5.32 Å². The third-order valence-corrected chi connectivity index (χ3v) is 6.87. The predicted molar refractivity (Wildman–Crippen MR) is 125 cm³/mol. The fourth-order valence-corrected chi connectivity index (χ4v) is 4.83. The van der Waals surface area contributed by atoms with Crippen molar-refractivity contribution in [2.75, 3.05) is 13.1 Å². The van der Waals surface area contributed by atoms with Crippen LogP contribution in [0.15, 0.2) is 53.5 Å². The van der Waals surface area contributed by atoms with Gasteiger partial charge < -0.3 is 10.2 Å². The van der Waals surface area contributed by atoms with E-state index in [1.165, 1.54) is 16.8 Å². The van der Waals surface area contributed by atoms with E-state index in [1.807, 2.05) is 0 Å². The van der Waals surface area contributed by atoms with Crippen LogP contribution in [0, 0.1) is 5.92 Å². The number of halogens is 1. The Kier molecular flexibility index (Phi) is 7.28. The zero-order chi connectivity index (χ0) is 23.4.